The fraction of sp³-hybridized carbons (Fsp3) is 0.238. The molecule has 144 valence electrons. The number of nitrogens with one attached hydrogen (secondary N) is 2. The van der Waals surface area contributed by atoms with Gasteiger partial charge in [0.2, 0.25) is 0 Å². The monoisotopic (exact) mass is 378 g/mol. The molecule has 2 aromatic carbocycles. The zero-order valence-corrected chi connectivity index (χ0v) is 15.8. The fourth-order valence-electron chi connectivity index (χ4n) is 3.23. The average Bonchev–Trinajstić information content (AvgIpc) is 3.07. The van der Waals surface area contributed by atoms with E-state index in [4.69, 9.17) is 9.47 Å². The van der Waals surface area contributed by atoms with E-state index in [1.807, 2.05) is 50.2 Å². The molecule has 4 rings (SSSR count). The number of aromatic nitrogens is 2. The van der Waals surface area contributed by atoms with Gasteiger partial charge in [-0.3, -0.25) is 4.68 Å². The number of carbonyl (C=O) groups excluding carboxylic acids is 1. The molecule has 1 atom stereocenters. The van der Waals surface area contributed by atoms with Gasteiger partial charge in [0.1, 0.15) is 6.61 Å². The second-order valence-electron chi connectivity index (χ2n) is 6.90. The van der Waals surface area contributed by atoms with Gasteiger partial charge in [-0.1, -0.05) is 18.2 Å². The summed E-state index contributed by atoms with van der Waals surface area (Å²) in [6.45, 7) is 4.96. The van der Waals surface area contributed by atoms with Crippen LogP contribution in [0.4, 0.5) is 16.2 Å². The fourth-order valence-corrected chi connectivity index (χ4v) is 3.23. The molecule has 2 amide bonds. The number of aryl methyl sites for hydroxylation is 2. The zero-order chi connectivity index (χ0) is 19.5. The molecule has 28 heavy (non-hydrogen) atoms. The lowest BCUT2D eigenvalue weighted by Crippen LogP contribution is -2.33. The summed E-state index contributed by atoms with van der Waals surface area (Å²) in [6, 6.07) is 13.2. The van der Waals surface area contributed by atoms with E-state index in [2.05, 4.69) is 21.8 Å². The van der Waals surface area contributed by atoms with Crippen molar-refractivity contribution in [1.82, 2.24) is 9.78 Å². The smallest absolute Gasteiger partial charge is 0.323 e. The lowest BCUT2D eigenvalue weighted by molar-refractivity contribution is 0.0759. The second kappa shape index (κ2) is 7.64. The second-order valence-corrected chi connectivity index (χ2v) is 6.90. The number of nitrogens with zero attached hydrogens (tertiary/aromatic N) is 2. The lowest BCUT2D eigenvalue weighted by Gasteiger charge is -2.26. The van der Waals surface area contributed by atoms with Crippen LogP contribution in [0.5, 0.6) is 11.5 Å². The highest BCUT2D eigenvalue weighted by Gasteiger charge is 2.21. The Labute approximate surface area is 163 Å². The Morgan fingerprint density at radius 2 is 1.82 bits per heavy atom. The molecule has 1 aliphatic rings. The van der Waals surface area contributed by atoms with Crippen LogP contribution in [0.3, 0.4) is 0 Å². The maximum atomic E-state index is 12.2. The van der Waals surface area contributed by atoms with Crippen molar-refractivity contribution in [3.05, 3.63) is 66.0 Å². The van der Waals surface area contributed by atoms with Gasteiger partial charge < -0.3 is 20.1 Å². The first-order valence-corrected chi connectivity index (χ1v) is 9.12. The Morgan fingerprint density at radius 3 is 2.61 bits per heavy atom. The molecule has 0 bridgehead atoms. The number of para-hydroxylation sites is 2. The van der Waals surface area contributed by atoms with E-state index < -0.39 is 0 Å². The average molecular weight is 378 g/mol. The molecule has 3 aromatic rings. The molecule has 0 saturated heterocycles. The van der Waals surface area contributed by atoms with Gasteiger partial charge in [-0.15, -0.1) is 0 Å². The number of anilines is 2. The van der Waals surface area contributed by atoms with Crippen molar-refractivity contribution < 1.29 is 14.3 Å². The van der Waals surface area contributed by atoms with Crippen molar-refractivity contribution in [3.8, 4) is 11.5 Å². The number of amides is 2. The maximum absolute atomic E-state index is 12.2. The first-order valence-electron chi connectivity index (χ1n) is 9.12. The Balaban J connectivity index is 1.34. The third-order valence-corrected chi connectivity index (χ3v) is 4.33. The highest BCUT2D eigenvalue weighted by molar-refractivity contribution is 5.99. The van der Waals surface area contributed by atoms with Gasteiger partial charge >= 0.3 is 6.03 Å². The van der Waals surface area contributed by atoms with Crippen LogP contribution in [0.1, 0.15) is 11.1 Å². The summed E-state index contributed by atoms with van der Waals surface area (Å²) in [4.78, 5) is 12.2. The molecule has 0 spiro atoms. The van der Waals surface area contributed by atoms with Gasteiger partial charge in [0, 0.05) is 11.9 Å². The lowest BCUT2D eigenvalue weighted by atomic mass is 10.1. The molecule has 0 aliphatic carbocycles. The summed E-state index contributed by atoms with van der Waals surface area (Å²) in [6.07, 6.45) is 3.23. The van der Waals surface area contributed by atoms with E-state index in [0.717, 1.165) is 28.3 Å². The number of benzene rings is 2. The summed E-state index contributed by atoms with van der Waals surface area (Å²) in [5.74, 6) is 1.49. The van der Waals surface area contributed by atoms with Crippen molar-refractivity contribution in [2.75, 3.05) is 17.2 Å². The number of rotatable bonds is 4. The molecule has 0 radical (unpaired) electrons. The number of hydrogen-bond donors (Lipinski definition) is 2. The SMILES string of the molecule is Cc1cc(C)cc(NC(=O)Nc2cnn(CC3COc4ccccc4O3)c2)c1. The van der Waals surface area contributed by atoms with E-state index in [1.165, 1.54) is 0 Å². The third-order valence-electron chi connectivity index (χ3n) is 4.33. The van der Waals surface area contributed by atoms with Gasteiger partial charge in [-0.25, -0.2) is 4.79 Å². The zero-order valence-electron chi connectivity index (χ0n) is 15.8. The van der Waals surface area contributed by atoms with Gasteiger partial charge in [0.25, 0.3) is 0 Å². The quantitative estimate of drug-likeness (QED) is 0.720. The van der Waals surface area contributed by atoms with Crippen LogP contribution in [0.25, 0.3) is 0 Å². The molecule has 1 unspecified atom stereocenters. The molecule has 0 saturated carbocycles. The van der Waals surface area contributed by atoms with Crippen molar-refractivity contribution >= 4 is 17.4 Å². The Bertz CT molecular complexity index is 979. The largest absolute Gasteiger partial charge is 0.486 e. The molecule has 7 nitrogen and oxygen atoms in total. The van der Waals surface area contributed by atoms with Crippen LogP contribution < -0.4 is 20.1 Å². The van der Waals surface area contributed by atoms with Crippen molar-refractivity contribution in [2.24, 2.45) is 0 Å². The summed E-state index contributed by atoms with van der Waals surface area (Å²) in [5, 5.41) is 9.93. The standard InChI is InChI=1S/C21H22N4O3/c1-14-7-15(2)9-16(8-14)23-21(26)24-17-10-22-25(11-17)12-18-13-27-19-5-3-4-6-20(19)28-18/h3-11,18H,12-13H2,1-2H3,(H2,23,24,26). The van der Waals surface area contributed by atoms with Gasteiger partial charge in [0.15, 0.2) is 17.6 Å². The number of hydrogen-bond acceptors (Lipinski definition) is 4. The Kier molecular flexibility index (Phi) is 4.89. The predicted octanol–water partition coefficient (Wildman–Crippen LogP) is 3.98. The molecular weight excluding hydrogens is 356 g/mol. The van der Waals surface area contributed by atoms with Crippen molar-refractivity contribution in [1.29, 1.82) is 0 Å². The van der Waals surface area contributed by atoms with Crippen LogP contribution in [0.2, 0.25) is 0 Å². The van der Waals surface area contributed by atoms with Crippen LogP contribution in [0.15, 0.2) is 54.9 Å². The Hall–Kier alpha value is -3.48. The third kappa shape index (κ3) is 4.25. The molecule has 0 fully saturated rings. The molecule has 2 heterocycles. The minimum Gasteiger partial charge on any atom is -0.486 e. The normalized spacial score (nSPS) is 15.1. The van der Waals surface area contributed by atoms with Crippen LogP contribution in [-0.4, -0.2) is 28.5 Å². The van der Waals surface area contributed by atoms with E-state index in [9.17, 15) is 4.79 Å². The molecule has 1 aromatic heterocycles. The molecule has 7 heteroatoms. The van der Waals surface area contributed by atoms with Crippen LogP contribution in [-0.2, 0) is 6.54 Å². The van der Waals surface area contributed by atoms with Crippen molar-refractivity contribution in [2.45, 2.75) is 26.5 Å². The summed E-state index contributed by atoms with van der Waals surface area (Å²) < 4.78 is 13.4. The van der Waals surface area contributed by atoms with Crippen LogP contribution >= 0.6 is 0 Å². The van der Waals surface area contributed by atoms with Gasteiger partial charge in [-0.05, 0) is 49.2 Å². The van der Waals surface area contributed by atoms with Gasteiger partial charge in [-0.2, -0.15) is 5.10 Å². The summed E-state index contributed by atoms with van der Waals surface area (Å²) in [7, 11) is 0. The first-order chi connectivity index (χ1) is 13.5. The number of ether oxygens (including phenoxy) is 2. The summed E-state index contributed by atoms with van der Waals surface area (Å²) in [5.41, 5.74) is 3.56. The highest BCUT2D eigenvalue weighted by Crippen LogP contribution is 2.31. The minimum absolute atomic E-state index is 0.147. The van der Waals surface area contributed by atoms with E-state index >= 15 is 0 Å². The van der Waals surface area contributed by atoms with Crippen molar-refractivity contribution in [3.63, 3.8) is 0 Å². The Morgan fingerprint density at radius 1 is 1.11 bits per heavy atom. The first kappa shape index (κ1) is 17.9. The van der Waals surface area contributed by atoms with E-state index in [0.29, 0.717) is 18.8 Å². The minimum atomic E-state index is -0.310. The maximum Gasteiger partial charge on any atom is 0.323 e. The number of urea groups is 1. The predicted molar refractivity (Wildman–Crippen MR) is 107 cm³/mol. The molecule has 1 aliphatic heterocycles. The summed E-state index contributed by atoms with van der Waals surface area (Å²) >= 11 is 0. The van der Waals surface area contributed by atoms with Crippen LogP contribution in [0, 0.1) is 13.8 Å². The molecular formula is C21H22N4O3. The molecule has 2 N–H and O–H groups in total. The topological polar surface area (TPSA) is 77.4 Å². The van der Waals surface area contributed by atoms with E-state index in [1.54, 1.807) is 17.1 Å². The van der Waals surface area contributed by atoms with E-state index in [-0.39, 0.29) is 12.1 Å². The number of fused-ring (bicyclic) bond motifs is 1. The highest BCUT2D eigenvalue weighted by atomic mass is 16.6. The number of carbonyl (C=O) groups is 1. The van der Waals surface area contributed by atoms with Gasteiger partial charge in [0.05, 0.1) is 18.4 Å².